The summed E-state index contributed by atoms with van der Waals surface area (Å²) in [7, 11) is 1.53. The Kier molecular flexibility index (Phi) is 6.86. The number of carboxylic acid groups (broad SMARTS) is 1. The number of hydrogen-bond acceptors (Lipinski definition) is 9. The fourth-order valence-electron chi connectivity index (χ4n) is 6.65. The molecule has 0 saturated carbocycles. The number of aliphatic carboxylic acids is 1. The molecule has 208 valence electrons. The molecule has 10 nitrogen and oxygen atoms in total. The van der Waals surface area contributed by atoms with E-state index in [2.05, 4.69) is 4.90 Å². The highest BCUT2D eigenvalue weighted by Crippen LogP contribution is 2.55. The number of carbonyl (C=O) groups is 2. The van der Waals surface area contributed by atoms with E-state index in [0.717, 1.165) is 43.5 Å². The Morgan fingerprint density at radius 1 is 1.16 bits per heavy atom. The fraction of sp³-hybridized carbons (Fsp3) is 0.643. The number of rotatable bonds is 9. The van der Waals surface area contributed by atoms with E-state index in [1.165, 1.54) is 7.11 Å². The smallest absolute Gasteiger partial charge is 0.339 e. The number of benzene rings is 1. The minimum Gasteiger partial charge on any atom is -0.497 e. The first kappa shape index (κ1) is 26.8. The standard InChI is InChI=1S/C28H37NO9/c1-26(2,33)7-4-9-28(34,15-22(30)31)25(32)38-24-21(35-3)14-27-8-5-10-29(27)11-6-17-12-19-20(37-16-36-19)13-18(17)23(24)27/h12-14,23-24,33-34H,4-11,15-16H2,1-3H3,(H,30,31)/t23-,24?,27+,28-/m1/s1. The first-order chi connectivity index (χ1) is 18.0. The molecule has 5 rings (SSSR count). The first-order valence-electron chi connectivity index (χ1n) is 13.3. The molecule has 0 amide bonds. The molecule has 0 aromatic heterocycles. The molecule has 1 saturated heterocycles. The molecule has 4 atom stereocenters. The molecule has 3 N–H and O–H groups in total. The second kappa shape index (κ2) is 9.73. The van der Waals surface area contributed by atoms with Crippen LogP contribution in [0.2, 0.25) is 0 Å². The van der Waals surface area contributed by atoms with Crippen molar-refractivity contribution >= 4 is 11.9 Å². The highest BCUT2D eigenvalue weighted by molar-refractivity contribution is 5.85. The molecule has 3 aliphatic heterocycles. The largest absolute Gasteiger partial charge is 0.497 e. The number of esters is 1. The van der Waals surface area contributed by atoms with E-state index < -0.39 is 41.2 Å². The zero-order valence-electron chi connectivity index (χ0n) is 22.2. The van der Waals surface area contributed by atoms with Crippen LogP contribution in [0.25, 0.3) is 0 Å². The minimum atomic E-state index is -2.25. The molecule has 1 unspecified atom stereocenters. The van der Waals surface area contributed by atoms with Crippen molar-refractivity contribution in [2.75, 3.05) is 27.0 Å². The third-order valence-corrected chi connectivity index (χ3v) is 8.40. The van der Waals surface area contributed by atoms with Gasteiger partial charge in [0.25, 0.3) is 0 Å². The van der Waals surface area contributed by atoms with Crippen LogP contribution >= 0.6 is 0 Å². The molecule has 0 radical (unpaired) electrons. The Morgan fingerprint density at radius 2 is 1.89 bits per heavy atom. The van der Waals surface area contributed by atoms with Gasteiger partial charge in [0.1, 0.15) is 5.76 Å². The second-order valence-corrected chi connectivity index (χ2v) is 11.6. The van der Waals surface area contributed by atoms with E-state index >= 15 is 0 Å². The van der Waals surface area contributed by atoms with Crippen molar-refractivity contribution in [1.82, 2.24) is 4.90 Å². The molecular weight excluding hydrogens is 494 g/mol. The molecular formula is C28H37NO9. The van der Waals surface area contributed by atoms with Gasteiger partial charge in [0, 0.05) is 6.54 Å². The quantitative estimate of drug-likeness (QED) is 0.408. The van der Waals surface area contributed by atoms with Crippen molar-refractivity contribution in [3.05, 3.63) is 35.1 Å². The van der Waals surface area contributed by atoms with E-state index in [-0.39, 0.29) is 32.0 Å². The Bertz CT molecular complexity index is 1140. The van der Waals surface area contributed by atoms with Gasteiger partial charge in [-0.1, -0.05) is 0 Å². The molecule has 1 fully saturated rings. The number of ether oxygens (including phenoxy) is 4. The van der Waals surface area contributed by atoms with Gasteiger partial charge in [0.2, 0.25) is 6.79 Å². The van der Waals surface area contributed by atoms with Crippen molar-refractivity contribution in [3.63, 3.8) is 0 Å². The number of nitrogens with zero attached hydrogens (tertiary/aromatic N) is 1. The van der Waals surface area contributed by atoms with Crippen LogP contribution in [-0.4, -0.2) is 82.0 Å². The Labute approximate surface area is 222 Å². The summed E-state index contributed by atoms with van der Waals surface area (Å²) in [6, 6.07) is 3.96. The summed E-state index contributed by atoms with van der Waals surface area (Å²) in [4.78, 5) is 27.6. The number of carbonyl (C=O) groups excluding carboxylic acids is 1. The third-order valence-electron chi connectivity index (χ3n) is 8.40. The van der Waals surface area contributed by atoms with E-state index in [9.17, 15) is 24.9 Å². The number of methoxy groups -OCH3 is 1. The monoisotopic (exact) mass is 531 g/mol. The predicted molar refractivity (Wildman–Crippen MR) is 135 cm³/mol. The van der Waals surface area contributed by atoms with Gasteiger partial charge in [-0.2, -0.15) is 0 Å². The number of carboxylic acids is 1. The zero-order chi connectivity index (χ0) is 27.3. The molecule has 0 bridgehead atoms. The maximum Gasteiger partial charge on any atom is 0.339 e. The van der Waals surface area contributed by atoms with Crippen LogP contribution in [-0.2, 0) is 25.5 Å². The average Bonchev–Trinajstić information content (AvgIpc) is 3.51. The Hall–Kier alpha value is -2.82. The summed E-state index contributed by atoms with van der Waals surface area (Å²) < 4.78 is 23.1. The third kappa shape index (κ3) is 4.74. The molecule has 1 aliphatic carbocycles. The van der Waals surface area contributed by atoms with Crippen molar-refractivity contribution in [1.29, 1.82) is 0 Å². The number of hydrogen-bond donors (Lipinski definition) is 3. The molecule has 1 aromatic rings. The van der Waals surface area contributed by atoms with Crippen molar-refractivity contribution in [2.24, 2.45) is 0 Å². The summed E-state index contributed by atoms with van der Waals surface area (Å²) in [6.07, 6.45) is 3.38. The van der Waals surface area contributed by atoms with E-state index in [1.54, 1.807) is 13.8 Å². The predicted octanol–water partition coefficient (Wildman–Crippen LogP) is 2.49. The highest BCUT2D eigenvalue weighted by Gasteiger charge is 2.59. The fourth-order valence-corrected chi connectivity index (χ4v) is 6.65. The van der Waals surface area contributed by atoms with Gasteiger partial charge in [-0.3, -0.25) is 9.69 Å². The Balaban J connectivity index is 1.50. The second-order valence-electron chi connectivity index (χ2n) is 11.6. The van der Waals surface area contributed by atoms with Crippen LogP contribution in [0.4, 0.5) is 0 Å². The SMILES string of the molecule is COC1=C[C@]23CCCN2CCc2cc4c(cc2[C@@H]3C1OC(=O)[C@@](O)(CCCC(C)(C)O)CC(=O)O)OCO4. The molecule has 1 aromatic carbocycles. The number of aliphatic hydroxyl groups is 2. The molecule has 10 heteroatoms. The lowest BCUT2D eigenvalue weighted by Gasteiger charge is -2.39. The van der Waals surface area contributed by atoms with Gasteiger partial charge in [0.05, 0.1) is 30.6 Å². The van der Waals surface area contributed by atoms with E-state index in [0.29, 0.717) is 17.3 Å². The molecule has 38 heavy (non-hydrogen) atoms. The lowest BCUT2D eigenvalue weighted by molar-refractivity contribution is -0.178. The minimum absolute atomic E-state index is 0.146. The lowest BCUT2D eigenvalue weighted by atomic mass is 9.77. The average molecular weight is 532 g/mol. The topological polar surface area (TPSA) is 135 Å². The summed E-state index contributed by atoms with van der Waals surface area (Å²) in [5.41, 5.74) is -1.65. The van der Waals surface area contributed by atoms with Gasteiger partial charge in [-0.25, -0.2) is 4.79 Å². The van der Waals surface area contributed by atoms with Crippen molar-refractivity contribution in [3.8, 4) is 11.5 Å². The van der Waals surface area contributed by atoms with Crippen LogP contribution in [0.5, 0.6) is 11.5 Å². The molecule has 4 aliphatic rings. The van der Waals surface area contributed by atoms with Gasteiger partial charge < -0.3 is 34.3 Å². The van der Waals surface area contributed by atoms with Crippen LogP contribution in [0.1, 0.15) is 69.4 Å². The lowest BCUT2D eigenvalue weighted by Crippen LogP contribution is -2.49. The normalized spacial score (nSPS) is 27.4. The van der Waals surface area contributed by atoms with Gasteiger partial charge in [0.15, 0.2) is 23.2 Å². The molecule has 3 heterocycles. The van der Waals surface area contributed by atoms with Crippen LogP contribution in [0, 0.1) is 0 Å². The van der Waals surface area contributed by atoms with Crippen LogP contribution in [0.15, 0.2) is 24.0 Å². The summed E-state index contributed by atoms with van der Waals surface area (Å²) in [6.45, 7) is 5.10. The van der Waals surface area contributed by atoms with Crippen LogP contribution in [0.3, 0.4) is 0 Å². The maximum atomic E-state index is 13.6. The molecule has 1 spiro atoms. The maximum absolute atomic E-state index is 13.6. The first-order valence-corrected chi connectivity index (χ1v) is 13.3. The summed E-state index contributed by atoms with van der Waals surface area (Å²) >= 11 is 0. The highest BCUT2D eigenvalue weighted by atomic mass is 16.7. The van der Waals surface area contributed by atoms with E-state index in [1.807, 2.05) is 18.2 Å². The van der Waals surface area contributed by atoms with Gasteiger partial charge in [-0.05, 0) is 88.3 Å². The Morgan fingerprint density at radius 3 is 2.58 bits per heavy atom. The summed E-state index contributed by atoms with van der Waals surface area (Å²) in [5.74, 6) is -0.843. The van der Waals surface area contributed by atoms with Crippen molar-refractivity contribution in [2.45, 2.75) is 87.6 Å². The van der Waals surface area contributed by atoms with Crippen LogP contribution < -0.4 is 9.47 Å². The summed E-state index contributed by atoms with van der Waals surface area (Å²) in [5, 5.41) is 30.9. The zero-order valence-corrected chi connectivity index (χ0v) is 22.2. The van der Waals surface area contributed by atoms with E-state index in [4.69, 9.17) is 18.9 Å². The van der Waals surface area contributed by atoms with Crippen molar-refractivity contribution < 1.29 is 43.9 Å². The number of fused-ring (bicyclic) bond motifs is 3. The van der Waals surface area contributed by atoms with Gasteiger partial charge >= 0.3 is 11.9 Å². The van der Waals surface area contributed by atoms with Gasteiger partial charge in [-0.15, -0.1) is 0 Å².